The second-order valence-electron chi connectivity index (χ2n) is 5.59. The first-order chi connectivity index (χ1) is 9.74. The average molecular weight is 277 g/mol. The number of rotatable bonds is 6. The first kappa shape index (κ1) is 15.5. The van der Waals surface area contributed by atoms with Crippen molar-refractivity contribution in [3.8, 4) is 0 Å². The molecule has 20 heavy (non-hydrogen) atoms. The Kier molecular flexibility index (Phi) is 6.02. The number of aliphatic hydroxyl groups excluding tert-OH is 1. The van der Waals surface area contributed by atoms with E-state index in [1.165, 1.54) is 5.56 Å². The zero-order chi connectivity index (χ0) is 14.4. The van der Waals surface area contributed by atoms with Gasteiger partial charge in [0.2, 0.25) is 0 Å². The summed E-state index contributed by atoms with van der Waals surface area (Å²) in [6.07, 6.45) is 2.77. The van der Waals surface area contributed by atoms with E-state index in [1.54, 1.807) is 0 Å². The largest absolute Gasteiger partial charge is 0.391 e. The van der Waals surface area contributed by atoms with Crippen LogP contribution >= 0.6 is 0 Å². The van der Waals surface area contributed by atoms with E-state index in [-0.39, 0.29) is 12.2 Å². The summed E-state index contributed by atoms with van der Waals surface area (Å²) >= 11 is 0. The normalized spacial score (nSPS) is 26.9. The van der Waals surface area contributed by atoms with E-state index in [0.29, 0.717) is 12.6 Å². The molecule has 0 radical (unpaired) electrons. The maximum Gasteiger partial charge on any atom is 0.0720 e. The van der Waals surface area contributed by atoms with Gasteiger partial charge in [-0.1, -0.05) is 44.2 Å². The first-order valence-electron chi connectivity index (χ1n) is 7.82. The fourth-order valence-corrected chi connectivity index (χ4v) is 3.15. The standard InChI is InChI=1S/C17H27NO2/c1-3-18(4-2)16-11-10-15(12-17(16)19)20-13-14-8-6-5-7-9-14/h5-9,15-17,19H,3-4,10-13H2,1-2H3/t15-,16-,17-/m1/s1. The topological polar surface area (TPSA) is 32.7 Å². The Labute approximate surface area is 122 Å². The predicted molar refractivity (Wildman–Crippen MR) is 81.6 cm³/mol. The van der Waals surface area contributed by atoms with Crippen LogP contribution in [0.3, 0.4) is 0 Å². The molecule has 3 heteroatoms. The molecule has 1 aromatic carbocycles. The van der Waals surface area contributed by atoms with Crippen LogP contribution in [0.4, 0.5) is 0 Å². The van der Waals surface area contributed by atoms with Crippen molar-refractivity contribution in [1.29, 1.82) is 0 Å². The molecule has 112 valence electrons. The van der Waals surface area contributed by atoms with Crippen LogP contribution in [0.15, 0.2) is 30.3 Å². The molecule has 0 amide bonds. The summed E-state index contributed by atoms with van der Waals surface area (Å²) < 4.78 is 5.96. The third-order valence-corrected chi connectivity index (χ3v) is 4.34. The van der Waals surface area contributed by atoms with Crippen molar-refractivity contribution in [2.24, 2.45) is 0 Å². The van der Waals surface area contributed by atoms with Crippen LogP contribution in [0.5, 0.6) is 0 Å². The van der Waals surface area contributed by atoms with Crippen LogP contribution in [0.1, 0.15) is 38.7 Å². The Morgan fingerprint density at radius 3 is 2.45 bits per heavy atom. The first-order valence-corrected chi connectivity index (χ1v) is 7.82. The van der Waals surface area contributed by atoms with Crippen LogP contribution < -0.4 is 0 Å². The van der Waals surface area contributed by atoms with Gasteiger partial charge in [0.05, 0.1) is 18.8 Å². The van der Waals surface area contributed by atoms with Gasteiger partial charge in [-0.05, 0) is 31.5 Å². The number of benzene rings is 1. The Morgan fingerprint density at radius 1 is 1.15 bits per heavy atom. The van der Waals surface area contributed by atoms with Crippen molar-refractivity contribution >= 4 is 0 Å². The molecule has 0 unspecified atom stereocenters. The number of hydrogen-bond acceptors (Lipinski definition) is 3. The molecule has 1 N–H and O–H groups in total. The quantitative estimate of drug-likeness (QED) is 0.868. The summed E-state index contributed by atoms with van der Waals surface area (Å²) in [5.41, 5.74) is 1.20. The molecule has 1 aliphatic rings. The number of ether oxygens (including phenoxy) is 1. The van der Waals surface area contributed by atoms with Gasteiger partial charge >= 0.3 is 0 Å². The molecule has 0 aromatic heterocycles. The van der Waals surface area contributed by atoms with Crippen LogP contribution in [0, 0.1) is 0 Å². The van der Waals surface area contributed by atoms with E-state index in [9.17, 15) is 5.11 Å². The number of aliphatic hydroxyl groups is 1. The third kappa shape index (κ3) is 4.05. The van der Waals surface area contributed by atoms with Crippen molar-refractivity contribution in [2.45, 2.75) is 58.0 Å². The lowest BCUT2D eigenvalue weighted by Crippen LogP contribution is -2.48. The van der Waals surface area contributed by atoms with E-state index in [0.717, 1.165) is 32.4 Å². The number of hydrogen-bond donors (Lipinski definition) is 1. The van der Waals surface area contributed by atoms with Gasteiger partial charge in [-0.3, -0.25) is 4.90 Å². The van der Waals surface area contributed by atoms with Crippen LogP contribution in [0.25, 0.3) is 0 Å². The molecule has 0 saturated heterocycles. The molecule has 3 nitrogen and oxygen atoms in total. The monoisotopic (exact) mass is 277 g/mol. The zero-order valence-corrected chi connectivity index (χ0v) is 12.7. The molecule has 0 heterocycles. The average Bonchev–Trinajstić information content (AvgIpc) is 2.49. The summed E-state index contributed by atoms with van der Waals surface area (Å²) in [4.78, 5) is 2.36. The lowest BCUT2D eigenvalue weighted by atomic mass is 9.89. The number of likely N-dealkylation sites (N-methyl/N-ethyl adjacent to an activating group) is 1. The van der Waals surface area contributed by atoms with Crippen molar-refractivity contribution < 1.29 is 9.84 Å². The van der Waals surface area contributed by atoms with E-state index < -0.39 is 0 Å². The van der Waals surface area contributed by atoms with Gasteiger partial charge in [0.1, 0.15) is 0 Å². The maximum absolute atomic E-state index is 10.3. The molecule has 1 aromatic rings. The smallest absolute Gasteiger partial charge is 0.0720 e. The predicted octanol–water partition coefficient (Wildman–Crippen LogP) is 2.83. The Hall–Kier alpha value is -0.900. The van der Waals surface area contributed by atoms with E-state index in [4.69, 9.17) is 4.74 Å². The second-order valence-corrected chi connectivity index (χ2v) is 5.59. The zero-order valence-electron chi connectivity index (χ0n) is 12.7. The molecule has 3 atom stereocenters. The highest BCUT2D eigenvalue weighted by Crippen LogP contribution is 2.26. The maximum atomic E-state index is 10.3. The number of nitrogens with zero attached hydrogens (tertiary/aromatic N) is 1. The van der Waals surface area contributed by atoms with Gasteiger partial charge in [0.25, 0.3) is 0 Å². The third-order valence-electron chi connectivity index (χ3n) is 4.34. The van der Waals surface area contributed by atoms with Gasteiger partial charge in [-0.25, -0.2) is 0 Å². The van der Waals surface area contributed by atoms with Crippen LogP contribution in [0.2, 0.25) is 0 Å². The fraction of sp³-hybridized carbons (Fsp3) is 0.647. The molecule has 0 aliphatic heterocycles. The summed E-state index contributed by atoms with van der Waals surface area (Å²) in [6, 6.07) is 10.6. The SMILES string of the molecule is CCN(CC)[C@@H]1CC[C@@H](OCc2ccccc2)C[C@H]1O. The van der Waals surface area contributed by atoms with Crippen molar-refractivity contribution in [3.05, 3.63) is 35.9 Å². The van der Waals surface area contributed by atoms with Gasteiger partial charge in [-0.15, -0.1) is 0 Å². The van der Waals surface area contributed by atoms with E-state index in [2.05, 4.69) is 30.9 Å². The molecular formula is C17H27NO2. The van der Waals surface area contributed by atoms with Gasteiger partial charge in [0.15, 0.2) is 0 Å². The Balaban J connectivity index is 1.80. The highest BCUT2D eigenvalue weighted by molar-refractivity contribution is 5.13. The van der Waals surface area contributed by atoms with Crippen molar-refractivity contribution in [2.75, 3.05) is 13.1 Å². The molecule has 0 bridgehead atoms. The molecule has 1 saturated carbocycles. The summed E-state index contributed by atoms with van der Waals surface area (Å²) in [5, 5.41) is 10.3. The molecule has 1 fully saturated rings. The van der Waals surface area contributed by atoms with Gasteiger partial charge in [-0.2, -0.15) is 0 Å². The molecular weight excluding hydrogens is 250 g/mol. The lowest BCUT2D eigenvalue weighted by Gasteiger charge is -2.39. The minimum Gasteiger partial charge on any atom is -0.391 e. The Morgan fingerprint density at radius 2 is 1.85 bits per heavy atom. The molecule has 1 aliphatic carbocycles. The molecule has 2 rings (SSSR count). The van der Waals surface area contributed by atoms with Gasteiger partial charge in [0, 0.05) is 12.5 Å². The highest BCUT2D eigenvalue weighted by Gasteiger charge is 2.32. The Bertz CT molecular complexity index is 378. The van der Waals surface area contributed by atoms with Crippen molar-refractivity contribution in [3.63, 3.8) is 0 Å². The van der Waals surface area contributed by atoms with E-state index >= 15 is 0 Å². The van der Waals surface area contributed by atoms with E-state index in [1.807, 2.05) is 18.2 Å². The summed E-state index contributed by atoms with van der Waals surface area (Å²) in [6.45, 7) is 6.98. The van der Waals surface area contributed by atoms with Crippen molar-refractivity contribution in [1.82, 2.24) is 4.90 Å². The summed E-state index contributed by atoms with van der Waals surface area (Å²) in [5.74, 6) is 0. The van der Waals surface area contributed by atoms with Crippen LogP contribution in [-0.2, 0) is 11.3 Å². The fourth-order valence-electron chi connectivity index (χ4n) is 3.15. The highest BCUT2D eigenvalue weighted by atomic mass is 16.5. The lowest BCUT2D eigenvalue weighted by molar-refractivity contribution is -0.0591. The summed E-state index contributed by atoms with van der Waals surface area (Å²) in [7, 11) is 0. The molecule has 0 spiro atoms. The van der Waals surface area contributed by atoms with Gasteiger partial charge < -0.3 is 9.84 Å². The minimum atomic E-state index is -0.260. The minimum absolute atomic E-state index is 0.192. The second kappa shape index (κ2) is 7.77. The van der Waals surface area contributed by atoms with Crippen LogP contribution in [-0.4, -0.2) is 41.3 Å².